The molecule has 0 amide bonds. The third kappa shape index (κ3) is 6.01. The van der Waals surface area contributed by atoms with Crippen LogP contribution in [0.1, 0.15) is 38.2 Å². The number of guanidine groups is 1. The van der Waals surface area contributed by atoms with Crippen LogP contribution in [0.5, 0.6) is 11.5 Å². The number of aliphatic imine (C=N–C) groups is 1. The summed E-state index contributed by atoms with van der Waals surface area (Å²) in [5.74, 6) is 2.61. The summed E-state index contributed by atoms with van der Waals surface area (Å²) in [5.41, 5.74) is 1.22. The summed E-state index contributed by atoms with van der Waals surface area (Å²) in [6.45, 7) is 10.3. The molecule has 1 aromatic carbocycles. The molecule has 2 aliphatic heterocycles. The van der Waals surface area contributed by atoms with Crippen molar-refractivity contribution in [2.75, 3.05) is 46.7 Å². The van der Waals surface area contributed by atoms with E-state index in [2.05, 4.69) is 42.9 Å². The zero-order valence-electron chi connectivity index (χ0n) is 17.6. The van der Waals surface area contributed by atoms with Gasteiger partial charge >= 0.3 is 0 Å². The van der Waals surface area contributed by atoms with Crippen LogP contribution in [0.4, 0.5) is 0 Å². The van der Waals surface area contributed by atoms with Crippen LogP contribution in [0.25, 0.3) is 0 Å². The van der Waals surface area contributed by atoms with Gasteiger partial charge in [-0.3, -0.25) is 4.99 Å². The zero-order valence-corrected chi connectivity index (χ0v) is 19.9. The van der Waals surface area contributed by atoms with Crippen LogP contribution >= 0.6 is 24.0 Å². The van der Waals surface area contributed by atoms with Crippen LogP contribution in [0.3, 0.4) is 0 Å². The lowest BCUT2D eigenvalue weighted by atomic mass is 9.74. The highest BCUT2D eigenvalue weighted by Crippen LogP contribution is 2.41. The van der Waals surface area contributed by atoms with Gasteiger partial charge in [0.2, 0.25) is 6.79 Å². The molecule has 2 aliphatic rings. The number of hydrogen-bond donors (Lipinski definition) is 1. The Labute approximate surface area is 191 Å². The first-order valence-corrected chi connectivity index (χ1v) is 10.3. The molecule has 1 saturated heterocycles. The first-order valence-electron chi connectivity index (χ1n) is 10.3. The average Bonchev–Trinajstić information content (AvgIpc) is 3.20. The van der Waals surface area contributed by atoms with E-state index >= 15 is 0 Å². The normalized spacial score (nSPS) is 17.4. The highest BCUT2D eigenvalue weighted by Gasteiger charge is 2.35. The first-order chi connectivity index (χ1) is 13.7. The van der Waals surface area contributed by atoms with Gasteiger partial charge in [0.05, 0.1) is 6.54 Å². The second kappa shape index (κ2) is 11.6. The van der Waals surface area contributed by atoms with Gasteiger partial charge in [0, 0.05) is 38.8 Å². The molecule has 7 heteroatoms. The molecule has 0 spiro atoms. The van der Waals surface area contributed by atoms with Crippen LogP contribution < -0.4 is 14.8 Å². The van der Waals surface area contributed by atoms with E-state index in [1.54, 1.807) is 0 Å². The van der Waals surface area contributed by atoms with Crippen molar-refractivity contribution in [3.05, 3.63) is 36.4 Å². The third-order valence-electron chi connectivity index (χ3n) is 5.56. The Morgan fingerprint density at radius 1 is 1.28 bits per heavy atom. The van der Waals surface area contributed by atoms with E-state index < -0.39 is 0 Å². The quantitative estimate of drug-likeness (QED) is 0.187. The predicted octanol–water partition coefficient (Wildman–Crippen LogP) is 3.95. The summed E-state index contributed by atoms with van der Waals surface area (Å²) < 4.78 is 16.8. The molecule has 1 aromatic rings. The number of halogens is 1. The Kier molecular flexibility index (Phi) is 9.55. The van der Waals surface area contributed by atoms with Gasteiger partial charge in [-0.05, 0) is 50.3 Å². The topological polar surface area (TPSA) is 55.3 Å². The minimum Gasteiger partial charge on any atom is -0.454 e. The molecule has 0 radical (unpaired) electrons. The fourth-order valence-electron chi connectivity index (χ4n) is 3.80. The van der Waals surface area contributed by atoms with Gasteiger partial charge in [0.15, 0.2) is 17.5 Å². The fourth-order valence-corrected chi connectivity index (χ4v) is 3.80. The van der Waals surface area contributed by atoms with Crippen molar-refractivity contribution in [3.63, 3.8) is 0 Å². The molecular weight excluding hydrogens is 481 g/mol. The summed E-state index contributed by atoms with van der Waals surface area (Å²) in [5, 5.41) is 3.43. The number of unbranched alkanes of at least 4 members (excludes halogenated alkanes) is 1. The van der Waals surface area contributed by atoms with Crippen molar-refractivity contribution >= 4 is 29.9 Å². The lowest BCUT2D eigenvalue weighted by molar-refractivity contribution is 0.0529. The molecule has 0 aromatic heterocycles. The Morgan fingerprint density at radius 3 is 2.76 bits per heavy atom. The van der Waals surface area contributed by atoms with E-state index in [9.17, 15) is 0 Å². The van der Waals surface area contributed by atoms with Crippen LogP contribution in [-0.2, 0) is 10.2 Å². The Balaban J connectivity index is 0.00000300. The molecule has 162 valence electrons. The van der Waals surface area contributed by atoms with E-state index in [0.717, 1.165) is 76.0 Å². The molecule has 0 bridgehead atoms. The number of nitrogens with one attached hydrogen (secondary N) is 1. The Morgan fingerprint density at radius 2 is 2.03 bits per heavy atom. The van der Waals surface area contributed by atoms with E-state index in [0.29, 0.717) is 6.79 Å². The molecule has 6 nitrogen and oxygen atoms in total. The predicted molar refractivity (Wildman–Crippen MR) is 128 cm³/mol. The van der Waals surface area contributed by atoms with Crippen LogP contribution in [0.2, 0.25) is 0 Å². The summed E-state index contributed by atoms with van der Waals surface area (Å²) in [6, 6.07) is 6.31. The number of nitrogens with zero attached hydrogens (tertiary/aromatic N) is 2. The second-order valence-electron chi connectivity index (χ2n) is 7.48. The van der Waals surface area contributed by atoms with Gasteiger partial charge in [-0.2, -0.15) is 0 Å². The maximum absolute atomic E-state index is 5.67. The van der Waals surface area contributed by atoms with Gasteiger partial charge < -0.3 is 24.4 Å². The fraction of sp³-hybridized carbons (Fsp3) is 0.591. The number of hydrogen-bond acceptors (Lipinski definition) is 4. The highest BCUT2D eigenvalue weighted by atomic mass is 127. The number of benzene rings is 1. The molecule has 0 saturated carbocycles. The van der Waals surface area contributed by atoms with E-state index in [4.69, 9.17) is 19.2 Å². The summed E-state index contributed by atoms with van der Waals surface area (Å²) in [6.07, 6.45) is 5.97. The van der Waals surface area contributed by atoms with Gasteiger partial charge in [0.1, 0.15) is 0 Å². The molecule has 0 atom stereocenters. The van der Waals surface area contributed by atoms with Gasteiger partial charge in [0.25, 0.3) is 0 Å². The molecule has 2 heterocycles. The van der Waals surface area contributed by atoms with Gasteiger partial charge in [-0.1, -0.05) is 12.1 Å². The lowest BCUT2D eigenvalue weighted by Gasteiger charge is -2.37. The van der Waals surface area contributed by atoms with Crippen molar-refractivity contribution in [1.82, 2.24) is 10.2 Å². The molecule has 0 unspecified atom stereocenters. The summed E-state index contributed by atoms with van der Waals surface area (Å²) in [7, 11) is 2.10. The van der Waals surface area contributed by atoms with E-state index in [-0.39, 0.29) is 29.4 Å². The number of fused-ring (bicyclic) bond motifs is 1. The van der Waals surface area contributed by atoms with Crippen LogP contribution in [0.15, 0.2) is 35.8 Å². The van der Waals surface area contributed by atoms with Crippen molar-refractivity contribution in [2.45, 2.75) is 38.0 Å². The molecule has 1 fully saturated rings. The van der Waals surface area contributed by atoms with E-state index in [1.165, 1.54) is 5.56 Å². The number of ether oxygens (including phenoxy) is 3. The van der Waals surface area contributed by atoms with Crippen LogP contribution in [-0.4, -0.2) is 57.5 Å². The standard InChI is InChI=1S/C22H33N3O3.HI/c1-4-6-7-12-25(3)21(23-5-2)24-16-22(10-13-26-14-11-22)18-8-9-19-20(15-18)28-17-27-19;/h4,8-9,15H,1,5-7,10-14,16-17H2,2-3H3,(H,23,24);1H. The van der Waals surface area contributed by atoms with Crippen LogP contribution in [0, 0.1) is 0 Å². The third-order valence-corrected chi connectivity index (χ3v) is 5.56. The average molecular weight is 515 g/mol. The highest BCUT2D eigenvalue weighted by molar-refractivity contribution is 14.0. The SMILES string of the molecule is C=CCCCN(C)C(=NCC1(c2ccc3c(c2)OCO3)CCOCC1)NCC.I. The molecule has 0 aliphatic carbocycles. The molecule has 1 N–H and O–H groups in total. The lowest BCUT2D eigenvalue weighted by Crippen LogP contribution is -2.42. The Bertz CT molecular complexity index is 690. The zero-order chi connectivity index (χ0) is 19.8. The molecule has 29 heavy (non-hydrogen) atoms. The number of rotatable bonds is 8. The number of allylic oxidation sites excluding steroid dienone is 1. The van der Waals surface area contributed by atoms with Gasteiger partial charge in [-0.25, -0.2) is 0 Å². The summed E-state index contributed by atoms with van der Waals surface area (Å²) >= 11 is 0. The van der Waals surface area contributed by atoms with Crippen molar-refractivity contribution in [2.24, 2.45) is 4.99 Å². The molecule has 3 rings (SSSR count). The smallest absolute Gasteiger partial charge is 0.231 e. The van der Waals surface area contributed by atoms with Crippen molar-refractivity contribution < 1.29 is 14.2 Å². The maximum atomic E-state index is 5.67. The Hall–Kier alpha value is -1.48. The molecular formula is C22H34IN3O3. The van der Waals surface area contributed by atoms with E-state index in [1.807, 2.05) is 12.1 Å². The van der Waals surface area contributed by atoms with Crippen molar-refractivity contribution in [3.8, 4) is 11.5 Å². The minimum atomic E-state index is -0.0398. The maximum Gasteiger partial charge on any atom is 0.231 e. The summed E-state index contributed by atoms with van der Waals surface area (Å²) in [4.78, 5) is 7.24. The monoisotopic (exact) mass is 515 g/mol. The minimum absolute atomic E-state index is 0. The second-order valence-corrected chi connectivity index (χ2v) is 7.48. The largest absolute Gasteiger partial charge is 0.454 e. The van der Waals surface area contributed by atoms with Crippen molar-refractivity contribution in [1.29, 1.82) is 0 Å². The van der Waals surface area contributed by atoms with Gasteiger partial charge in [-0.15, -0.1) is 30.6 Å². The first kappa shape index (κ1) is 23.8.